The number of rotatable bonds is 6. The van der Waals surface area contributed by atoms with Gasteiger partial charge in [-0.25, -0.2) is 0 Å². The smallest absolute Gasteiger partial charge is 0.234 e. The van der Waals surface area contributed by atoms with Crippen LogP contribution >= 0.6 is 0 Å². The second-order valence-corrected chi connectivity index (χ2v) is 12.2. The maximum atomic E-state index is 14.4. The van der Waals surface area contributed by atoms with Crippen molar-refractivity contribution >= 4 is 34.8 Å². The van der Waals surface area contributed by atoms with Crippen molar-refractivity contribution in [2.75, 3.05) is 0 Å². The van der Waals surface area contributed by atoms with Gasteiger partial charge in [0.2, 0.25) is 23.6 Å². The van der Waals surface area contributed by atoms with Crippen molar-refractivity contribution in [1.29, 1.82) is 0 Å². The standard InChI is InChI=1S/C38H30N2O4/c41-35-31-29-27(25-17-9-3-10-18-25)28(26-19-11-4-12-20-26)30(32(31)36(42)39(35)21-23-13-5-1-6-14-23)34-33(29)37(43)40(38(34)44)22-24-15-7-2-8-16-24/h1-20,29-34H,21-22H2/t29?,30?,31-,32-,33-,34+/m1/s1. The zero-order chi connectivity index (χ0) is 29.9. The van der Waals surface area contributed by atoms with Gasteiger partial charge in [0.25, 0.3) is 0 Å². The lowest BCUT2D eigenvalue weighted by Crippen LogP contribution is -2.53. The van der Waals surface area contributed by atoms with Crippen LogP contribution in [0.4, 0.5) is 0 Å². The van der Waals surface area contributed by atoms with Gasteiger partial charge >= 0.3 is 0 Å². The van der Waals surface area contributed by atoms with E-state index in [0.29, 0.717) is 0 Å². The number of nitrogens with zero attached hydrogens (tertiary/aromatic N) is 2. The average Bonchev–Trinajstić information content (AvgIpc) is 3.48. The molecular weight excluding hydrogens is 548 g/mol. The summed E-state index contributed by atoms with van der Waals surface area (Å²) in [6.45, 7) is 0.341. The Balaban J connectivity index is 1.32. The largest absolute Gasteiger partial charge is 0.278 e. The molecule has 4 amide bonds. The fourth-order valence-corrected chi connectivity index (χ4v) is 8.36. The molecule has 0 radical (unpaired) electrons. The Morgan fingerprint density at radius 1 is 0.364 bits per heavy atom. The molecule has 4 aromatic carbocycles. The number of hydrogen-bond donors (Lipinski definition) is 0. The Morgan fingerprint density at radius 3 is 0.932 bits per heavy atom. The van der Waals surface area contributed by atoms with Crippen LogP contribution in [0.5, 0.6) is 0 Å². The van der Waals surface area contributed by atoms with Gasteiger partial charge < -0.3 is 0 Å². The fraction of sp³-hybridized carbons (Fsp3) is 0.211. The molecule has 0 spiro atoms. The van der Waals surface area contributed by atoms with E-state index in [9.17, 15) is 19.2 Å². The summed E-state index contributed by atoms with van der Waals surface area (Å²) in [5, 5.41) is 0. The maximum Gasteiger partial charge on any atom is 0.234 e. The van der Waals surface area contributed by atoms with Crippen molar-refractivity contribution in [3.8, 4) is 0 Å². The highest BCUT2D eigenvalue weighted by Crippen LogP contribution is 2.66. The topological polar surface area (TPSA) is 74.8 Å². The van der Waals surface area contributed by atoms with Crippen molar-refractivity contribution in [3.05, 3.63) is 144 Å². The molecule has 6 nitrogen and oxygen atoms in total. The van der Waals surface area contributed by atoms with Gasteiger partial charge in [0.15, 0.2) is 0 Å². The zero-order valence-corrected chi connectivity index (χ0v) is 24.0. The van der Waals surface area contributed by atoms with Crippen molar-refractivity contribution in [2.24, 2.45) is 35.5 Å². The van der Waals surface area contributed by atoms with E-state index >= 15 is 0 Å². The molecule has 1 saturated carbocycles. The Hall–Kier alpha value is -5.10. The van der Waals surface area contributed by atoms with Crippen LogP contribution in [0, 0.1) is 35.5 Å². The van der Waals surface area contributed by atoms with Crippen molar-refractivity contribution in [2.45, 2.75) is 13.1 Å². The summed E-state index contributed by atoms with van der Waals surface area (Å²) in [6.07, 6.45) is 0. The molecule has 9 rings (SSSR count). The highest BCUT2D eigenvalue weighted by Gasteiger charge is 2.72. The number of hydrogen-bond acceptors (Lipinski definition) is 4. The van der Waals surface area contributed by atoms with Crippen LogP contribution in [0.2, 0.25) is 0 Å². The second-order valence-electron chi connectivity index (χ2n) is 12.2. The van der Waals surface area contributed by atoms with Gasteiger partial charge in [-0.2, -0.15) is 0 Å². The number of carbonyl (C=O) groups excluding carboxylic acids is 4. The van der Waals surface area contributed by atoms with E-state index in [4.69, 9.17) is 0 Å². The minimum absolute atomic E-state index is 0.170. The minimum atomic E-state index is -0.714. The van der Waals surface area contributed by atoms with Crippen molar-refractivity contribution in [3.63, 3.8) is 0 Å². The van der Waals surface area contributed by atoms with Crippen LogP contribution in [-0.4, -0.2) is 33.4 Å². The third-order valence-corrected chi connectivity index (χ3v) is 10.0. The normalized spacial score (nSPS) is 27.3. The molecule has 2 saturated heterocycles. The molecule has 2 heterocycles. The SMILES string of the molecule is O=C1[C@@H]2C3C(c4ccccc4)=C(c4ccccc4)C([C@H]2C(=O)N1Cc1ccccc1)[C@@H]1C(=O)N(Cc2ccccc2)C(=O)[C@H]31. The van der Waals surface area contributed by atoms with E-state index in [0.717, 1.165) is 33.4 Å². The number of allylic oxidation sites excluding steroid dienone is 2. The van der Waals surface area contributed by atoms with Gasteiger partial charge in [0.1, 0.15) is 0 Å². The van der Waals surface area contributed by atoms with E-state index in [-0.39, 0.29) is 36.7 Å². The molecule has 44 heavy (non-hydrogen) atoms. The molecule has 2 aliphatic heterocycles. The molecule has 2 bridgehead atoms. The molecule has 4 aromatic rings. The van der Waals surface area contributed by atoms with E-state index in [1.807, 2.05) is 121 Å². The summed E-state index contributed by atoms with van der Waals surface area (Å²) in [5.74, 6) is -5.08. The highest BCUT2D eigenvalue weighted by molar-refractivity contribution is 6.16. The van der Waals surface area contributed by atoms with E-state index < -0.39 is 35.5 Å². The summed E-state index contributed by atoms with van der Waals surface area (Å²) in [4.78, 5) is 60.3. The van der Waals surface area contributed by atoms with Crippen LogP contribution in [0.3, 0.4) is 0 Å². The summed E-state index contributed by atoms with van der Waals surface area (Å²) in [5.41, 5.74) is 5.38. The van der Waals surface area contributed by atoms with Crippen molar-refractivity contribution < 1.29 is 19.2 Å². The molecule has 216 valence electrons. The predicted molar refractivity (Wildman–Crippen MR) is 165 cm³/mol. The first-order valence-electron chi connectivity index (χ1n) is 15.2. The van der Waals surface area contributed by atoms with Gasteiger partial charge in [-0.05, 0) is 33.4 Å². The Kier molecular flexibility index (Phi) is 6.19. The summed E-state index contributed by atoms with van der Waals surface area (Å²) < 4.78 is 0. The number of benzene rings is 4. The van der Waals surface area contributed by atoms with Crippen LogP contribution in [-0.2, 0) is 32.3 Å². The van der Waals surface area contributed by atoms with Crippen LogP contribution < -0.4 is 0 Å². The van der Waals surface area contributed by atoms with Gasteiger partial charge in [-0.3, -0.25) is 29.0 Å². The Bertz CT molecular complexity index is 1640. The molecule has 6 heteroatoms. The third kappa shape index (κ3) is 3.87. The molecule has 5 aliphatic rings. The van der Waals surface area contributed by atoms with Gasteiger partial charge in [0.05, 0.1) is 36.8 Å². The van der Waals surface area contributed by atoms with E-state index in [1.54, 1.807) is 0 Å². The van der Waals surface area contributed by atoms with Crippen LogP contribution in [0.15, 0.2) is 121 Å². The lowest BCUT2D eigenvalue weighted by atomic mass is 9.48. The van der Waals surface area contributed by atoms with Crippen molar-refractivity contribution in [1.82, 2.24) is 9.80 Å². The Labute approximate surface area is 255 Å². The van der Waals surface area contributed by atoms with Gasteiger partial charge in [-0.1, -0.05) is 121 Å². The summed E-state index contributed by atoms with van der Waals surface area (Å²) in [7, 11) is 0. The maximum absolute atomic E-state index is 14.4. The molecular formula is C38H30N2O4. The first kappa shape index (κ1) is 26.5. The van der Waals surface area contributed by atoms with E-state index in [1.165, 1.54) is 9.80 Å². The van der Waals surface area contributed by atoms with Crippen LogP contribution in [0.25, 0.3) is 11.1 Å². The first-order chi connectivity index (χ1) is 21.5. The fourth-order valence-electron chi connectivity index (χ4n) is 8.36. The zero-order valence-electron chi connectivity index (χ0n) is 24.0. The molecule has 0 N–H and O–H groups in total. The quantitative estimate of drug-likeness (QED) is 0.285. The minimum Gasteiger partial charge on any atom is -0.278 e. The van der Waals surface area contributed by atoms with Gasteiger partial charge in [0, 0.05) is 11.8 Å². The Morgan fingerprint density at radius 2 is 0.636 bits per heavy atom. The number of imide groups is 2. The molecule has 3 aliphatic carbocycles. The summed E-state index contributed by atoms with van der Waals surface area (Å²) in [6, 6.07) is 38.7. The lowest BCUT2D eigenvalue weighted by molar-refractivity contribution is -0.140. The lowest BCUT2D eigenvalue weighted by Gasteiger charge is -2.51. The molecule has 6 atom stereocenters. The molecule has 3 fully saturated rings. The van der Waals surface area contributed by atoms with E-state index in [2.05, 4.69) is 0 Å². The number of carbonyl (C=O) groups is 4. The first-order valence-corrected chi connectivity index (χ1v) is 15.2. The number of likely N-dealkylation sites (tertiary alicyclic amines) is 2. The number of amides is 4. The van der Waals surface area contributed by atoms with Gasteiger partial charge in [-0.15, -0.1) is 0 Å². The average molecular weight is 579 g/mol. The third-order valence-electron chi connectivity index (χ3n) is 10.0. The summed E-state index contributed by atoms with van der Waals surface area (Å²) >= 11 is 0. The molecule has 2 unspecified atom stereocenters. The predicted octanol–water partition coefficient (Wildman–Crippen LogP) is 5.46. The second kappa shape index (κ2) is 10.3. The van der Waals surface area contributed by atoms with Crippen LogP contribution in [0.1, 0.15) is 22.3 Å². The monoisotopic (exact) mass is 578 g/mol. The highest BCUT2D eigenvalue weighted by atomic mass is 16.2. The molecule has 0 aromatic heterocycles.